The van der Waals surface area contributed by atoms with E-state index >= 15 is 0 Å². The van der Waals surface area contributed by atoms with E-state index in [0.29, 0.717) is 19.3 Å². The van der Waals surface area contributed by atoms with Gasteiger partial charge in [-0.1, -0.05) is 293 Å². The second-order valence-corrected chi connectivity index (χ2v) is 20.6. The Morgan fingerprint density at radius 3 is 0.847 bits per heavy atom. The number of carbonyl (C=O) groups is 3. The largest absolute Gasteiger partial charge is 0.462 e. The number of hydrogen-bond donors (Lipinski definition) is 0. The number of unbranched alkanes of at least 4 members (excludes halogenated alkanes) is 33. The van der Waals surface area contributed by atoms with Gasteiger partial charge in [0.05, 0.1) is 0 Å². The van der Waals surface area contributed by atoms with Crippen molar-refractivity contribution in [3.8, 4) is 0 Å². The van der Waals surface area contributed by atoms with Crippen molar-refractivity contribution in [1.82, 2.24) is 0 Å². The summed E-state index contributed by atoms with van der Waals surface area (Å²) in [6.45, 7) is 6.47. The molecule has 0 N–H and O–H groups in total. The quantitative estimate of drug-likeness (QED) is 0.0261. The molecule has 0 aliphatic rings. The van der Waals surface area contributed by atoms with Gasteiger partial charge in [-0.15, -0.1) is 0 Å². The van der Waals surface area contributed by atoms with E-state index in [4.69, 9.17) is 14.2 Å². The van der Waals surface area contributed by atoms with E-state index in [-0.39, 0.29) is 31.1 Å². The molecule has 6 nitrogen and oxygen atoms in total. The normalized spacial score (nSPS) is 12.5. The van der Waals surface area contributed by atoms with Gasteiger partial charge in [0.1, 0.15) is 13.2 Å². The minimum atomic E-state index is -0.771. The van der Waals surface area contributed by atoms with Crippen molar-refractivity contribution in [2.75, 3.05) is 13.2 Å². The zero-order chi connectivity index (χ0) is 52.2. The number of ether oxygens (including phenoxy) is 3. The second-order valence-electron chi connectivity index (χ2n) is 20.6. The molecule has 0 aliphatic heterocycles. The molecule has 0 fully saturated rings. The Bertz CT molecular complexity index is 1340. The summed E-state index contributed by atoms with van der Waals surface area (Å²) in [5.41, 5.74) is 0. The highest BCUT2D eigenvalue weighted by molar-refractivity contribution is 5.71. The van der Waals surface area contributed by atoms with Gasteiger partial charge in [-0.25, -0.2) is 0 Å². The van der Waals surface area contributed by atoms with E-state index in [0.717, 1.165) is 103 Å². The summed E-state index contributed by atoms with van der Waals surface area (Å²) in [6, 6.07) is 0. The van der Waals surface area contributed by atoms with Crippen LogP contribution in [0.2, 0.25) is 0 Å². The second kappa shape index (κ2) is 60.4. The predicted molar refractivity (Wildman–Crippen MR) is 311 cm³/mol. The van der Waals surface area contributed by atoms with Gasteiger partial charge in [-0.05, 0) is 70.6 Å². The molecule has 0 aromatic heterocycles. The molecular formula is C66H116O6. The van der Waals surface area contributed by atoms with Gasteiger partial charge in [-0.2, -0.15) is 0 Å². The highest BCUT2D eigenvalue weighted by Gasteiger charge is 2.19. The third-order valence-corrected chi connectivity index (χ3v) is 13.5. The summed E-state index contributed by atoms with van der Waals surface area (Å²) in [6.07, 6.45) is 78.1. The van der Waals surface area contributed by atoms with Crippen molar-refractivity contribution >= 4 is 17.9 Å². The third-order valence-electron chi connectivity index (χ3n) is 13.5. The fourth-order valence-corrected chi connectivity index (χ4v) is 8.86. The molecule has 0 bridgehead atoms. The van der Waals surface area contributed by atoms with Crippen molar-refractivity contribution in [1.29, 1.82) is 0 Å². The van der Waals surface area contributed by atoms with Gasteiger partial charge in [0.15, 0.2) is 6.10 Å². The molecular weight excluding hydrogens is 889 g/mol. The van der Waals surface area contributed by atoms with Crippen LogP contribution in [-0.2, 0) is 28.6 Å². The molecule has 416 valence electrons. The Balaban J connectivity index is 4.04. The number of esters is 3. The minimum Gasteiger partial charge on any atom is -0.462 e. The number of carbonyl (C=O) groups excluding carboxylic acids is 3. The van der Waals surface area contributed by atoms with Crippen LogP contribution >= 0.6 is 0 Å². The van der Waals surface area contributed by atoms with Gasteiger partial charge < -0.3 is 14.2 Å². The molecule has 0 saturated heterocycles. The van der Waals surface area contributed by atoms with Crippen molar-refractivity contribution in [2.45, 2.75) is 316 Å². The molecule has 72 heavy (non-hydrogen) atoms. The molecule has 0 amide bonds. The van der Waals surface area contributed by atoms with E-state index in [9.17, 15) is 14.4 Å². The average molecular weight is 1010 g/mol. The Morgan fingerprint density at radius 2 is 0.542 bits per heavy atom. The smallest absolute Gasteiger partial charge is 0.306 e. The maximum absolute atomic E-state index is 12.8. The van der Waals surface area contributed by atoms with E-state index in [2.05, 4.69) is 93.7 Å². The summed E-state index contributed by atoms with van der Waals surface area (Å²) in [5, 5.41) is 0. The summed E-state index contributed by atoms with van der Waals surface area (Å²) in [5.74, 6) is -0.879. The monoisotopic (exact) mass is 1000 g/mol. The average Bonchev–Trinajstić information content (AvgIpc) is 3.38. The van der Waals surface area contributed by atoms with Crippen LogP contribution in [-0.4, -0.2) is 37.2 Å². The predicted octanol–water partition coefficient (Wildman–Crippen LogP) is 20.9. The van der Waals surface area contributed by atoms with Gasteiger partial charge in [0.2, 0.25) is 0 Å². The summed E-state index contributed by atoms with van der Waals surface area (Å²) in [4.78, 5) is 37.9. The van der Waals surface area contributed by atoms with Crippen LogP contribution in [0.3, 0.4) is 0 Å². The van der Waals surface area contributed by atoms with Crippen LogP contribution in [0.4, 0.5) is 0 Å². The third kappa shape index (κ3) is 57.7. The first-order valence-corrected chi connectivity index (χ1v) is 30.9. The zero-order valence-corrected chi connectivity index (χ0v) is 47.7. The van der Waals surface area contributed by atoms with E-state index < -0.39 is 6.10 Å². The minimum absolute atomic E-state index is 0.0739. The zero-order valence-electron chi connectivity index (χ0n) is 47.7. The van der Waals surface area contributed by atoms with Gasteiger partial charge >= 0.3 is 17.9 Å². The van der Waals surface area contributed by atoms with Crippen molar-refractivity contribution in [2.24, 2.45) is 0 Å². The van der Waals surface area contributed by atoms with Crippen LogP contribution in [0.25, 0.3) is 0 Å². The van der Waals surface area contributed by atoms with Crippen LogP contribution in [0.1, 0.15) is 310 Å². The first-order valence-electron chi connectivity index (χ1n) is 30.9. The maximum atomic E-state index is 12.8. The maximum Gasteiger partial charge on any atom is 0.306 e. The van der Waals surface area contributed by atoms with Crippen LogP contribution in [0, 0.1) is 0 Å². The first kappa shape index (κ1) is 68.8. The topological polar surface area (TPSA) is 78.9 Å². The van der Waals surface area contributed by atoms with Crippen molar-refractivity contribution < 1.29 is 28.6 Å². The summed E-state index contributed by atoms with van der Waals surface area (Å²) in [7, 11) is 0. The number of rotatable bonds is 56. The van der Waals surface area contributed by atoms with E-state index in [1.807, 2.05) is 0 Å². The number of hydrogen-bond acceptors (Lipinski definition) is 6. The van der Waals surface area contributed by atoms with Crippen molar-refractivity contribution in [3.05, 3.63) is 72.9 Å². The standard InChI is InChI=1S/C66H116O6/c1-4-7-10-13-15-17-19-21-23-25-27-29-30-31-32-33-34-35-36-37-39-40-42-44-46-48-50-53-56-59-65(68)71-62-63(61-70-64(67)58-55-52-12-9-6-3)72-66(69)60-57-54-51-49-47-45-43-41-38-28-26-24-22-20-18-16-14-11-8-5-2/h7,10,15,17,21,23,27,29,31-32,34-35,63H,4-6,8-9,11-14,16,18-20,22,24-26,28,30,33,36-62H2,1-3H3/b10-7-,17-15-,23-21-,29-27-,32-31-,35-34-. The Kier molecular flexibility index (Phi) is 57.8. The Morgan fingerprint density at radius 1 is 0.292 bits per heavy atom. The fourth-order valence-electron chi connectivity index (χ4n) is 8.86. The molecule has 0 heterocycles. The lowest BCUT2D eigenvalue weighted by molar-refractivity contribution is -0.167. The lowest BCUT2D eigenvalue weighted by atomic mass is 10.0. The van der Waals surface area contributed by atoms with Crippen LogP contribution in [0.15, 0.2) is 72.9 Å². The van der Waals surface area contributed by atoms with Crippen LogP contribution in [0.5, 0.6) is 0 Å². The van der Waals surface area contributed by atoms with Crippen molar-refractivity contribution in [3.63, 3.8) is 0 Å². The molecule has 6 heteroatoms. The fraction of sp³-hybridized carbons (Fsp3) is 0.773. The Hall–Kier alpha value is -3.15. The molecule has 0 aromatic carbocycles. The molecule has 0 aliphatic carbocycles. The molecule has 0 saturated carbocycles. The summed E-state index contributed by atoms with van der Waals surface area (Å²) >= 11 is 0. The first-order chi connectivity index (χ1) is 35.5. The SMILES string of the molecule is CC/C=C\C/C=C\C/C=C\C/C=C\C/C=C\C/C=C\CCCCCCCCCCCCC(=O)OCC(COC(=O)CCCCCCC)OC(=O)CCCCCCCCCCCCCCCCCCCCCC. The van der Waals surface area contributed by atoms with Gasteiger partial charge in [0, 0.05) is 19.3 Å². The summed E-state index contributed by atoms with van der Waals surface area (Å²) < 4.78 is 16.8. The molecule has 0 radical (unpaired) electrons. The van der Waals surface area contributed by atoms with Gasteiger partial charge in [0.25, 0.3) is 0 Å². The molecule has 1 unspecified atom stereocenters. The lowest BCUT2D eigenvalue weighted by Gasteiger charge is -2.18. The highest BCUT2D eigenvalue weighted by Crippen LogP contribution is 2.17. The molecule has 0 aromatic rings. The highest BCUT2D eigenvalue weighted by atomic mass is 16.6. The van der Waals surface area contributed by atoms with E-state index in [1.165, 1.54) is 167 Å². The Labute approximate surface area is 446 Å². The van der Waals surface area contributed by atoms with Crippen LogP contribution < -0.4 is 0 Å². The number of allylic oxidation sites excluding steroid dienone is 12. The van der Waals surface area contributed by atoms with Gasteiger partial charge in [-0.3, -0.25) is 14.4 Å². The van der Waals surface area contributed by atoms with E-state index in [1.54, 1.807) is 0 Å². The lowest BCUT2D eigenvalue weighted by Crippen LogP contribution is -2.30. The molecule has 1 atom stereocenters. The molecule has 0 spiro atoms. The molecule has 0 rings (SSSR count).